The zero-order valence-corrected chi connectivity index (χ0v) is 13.6. The molecule has 0 aliphatic carbocycles. The molecule has 0 spiro atoms. The van der Waals surface area contributed by atoms with E-state index in [0.29, 0.717) is 25.9 Å². The summed E-state index contributed by atoms with van der Waals surface area (Å²) in [5.41, 5.74) is 6.74. The van der Waals surface area contributed by atoms with Crippen LogP contribution in [0.25, 0.3) is 0 Å². The lowest BCUT2D eigenvalue weighted by Crippen LogP contribution is -2.43. The highest BCUT2D eigenvalue weighted by Crippen LogP contribution is 2.17. The number of carbonyl (C=O) groups excluding carboxylic acids is 1. The first-order valence-electron chi connectivity index (χ1n) is 7.76. The molecule has 5 nitrogen and oxygen atoms in total. The molecule has 1 aliphatic rings. The smallest absolute Gasteiger partial charge is 0.238 e. The Labute approximate surface area is 132 Å². The highest BCUT2D eigenvalue weighted by atomic mass is 32.2. The fourth-order valence-electron chi connectivity index (χ4n) is 2.89. The Bertz CT molecular complexity index is 587. The first-order valence-corrected chi connectivity index (χ1v) is 9.58. The van der Waals surface area contributed by atoms with E-state index in [0.717, 1.165) is 18.4 Å². The molecule has 1 aromatic rings. The Morgan fingerprint density at radius 2 is 2.00 bits per heavy atom. The maximum atomic E-state index is 12.2. The van der Waals surface area contributed by atoms with E-state index in [9.17, 15) is 13.2 Å². The normalized spacial score (nSPS) is 18.6. The minimum Gasteiger partial charge on any atom is -0.338 e. The molecule has 1 amide bonds. The van der Waals surface area contributed by atoms with Crippen molar-refractivity contribution in [3.05, 3.63) is 35.9 Å². The van der Waals surface area contributed by atoms with Crippen molar-refractivity contribution < 1.29 is 13.2 Å². The number of sulfone groups is 1. The lowest BCUT2D eigenvalue weighted by Gasteiger charge is -2.23. The molecule has 0 radical (unpaired) electrons. The van der Waals surface area contributed by atoms with Gasteiger partial charge in [-0.05, 0) is 31.2 Å². The Kier molecular flexibility index (Phi) is 5.97. The monoisotopic (exact) mass is 324 g/mol. The maximum Gasteiger partial charge on any atom is 0.238 e. The van der Waals surface area contributed by atoms with Gasteiger partial charge >= 0.3 is 0 Å². The van der Waals surface area contributed by atoms with E-state index in [-0.39, 0.29) is 17.7 Å². The molecule has 2 rings (SSSR count). The molecule has 0 aromatic heterocycles. The van der Waals surface area contributed by atoms with Gasteiger partial charge in [0.15, 0.2) is 9.84 Å². The van der Waals surface area contributed by atoms with E-state index in [4.69, 9.17) is 5.73 Å². The molecule has 1 unspecified atom stereocenters. The molecule has 22 heavy (non-hydrogen) atoms. The predicted octanol–water partition coefficient (Wildman–Crippen LogP) is 0.984. The van der Waals surface area contributed by atoms with Crippen molar-refractivity contribution in [2.75, 3.05) is 24.6 Å². The summed E-state index contributed by atoms with van der Waals surface area (Å²) in [6.07, 6.45) is 3.03. The molecule has 1 aliphatic heterocycles. The Hall–Kier alpha value is -1.40. The Morgan fingerprint density at radius 1 is 1.27 bits per heavy atom. The van der Waals surface area contributed by atoms with Gasteiger partial charge < -0.3 is 10.6 Å². The zero-order valence-electron chi connectivity index (χ0n) is 12.8. The quantitative estimate of drug-likeness (QED) is 0.811. The zero-order chi connectivity index (χ0) is 16.0. The fraction of sp³-hybridized carbons (Fsp3) is 0.562. The standard InChI is InChI=1S/C16H24N2O3S/c17-12-15-9-4-10-18(15)16(19)13-22(20,21)11-5-8-14-6-2-1-3-7-14/h1-3,6-7,15H,4-5,8-13,17H2. The van der Waals surface area contributed by atoms with Gasteiger partial charge in [-0.15, -0.1) is 0 Å². The van der Waals surface area contributed by atoms with E-state index in [2.05, 4.69) is 0 Å². The van der Waals surface area contributed by atoms with E-state index < -0.39 is 15.6 Å². The van der Waals surface area contributed by atoms with E-state index in [1.807, 2.05) is 30.3 Å². The summed E-state index contributed by atoms with van der Waals surface area (Å²) in [6.45, 7) is 1.03. The molecule has 1 heterocycles. The van der Waals surface area contributed by atoms with Crippen molar-refractivity contribution in [2.45, 2.75) is 31.7 Å². The molecule has 1 aromatic carbocycles. The van der Waals surface area contributed by atoms with Crippen LogP contribution in [-0.4, -0.2) is 49.9 Å². The molecule has 2 N–H and O–H groups in total. The number of carbonyl (C=O) groups is 1. The van der Waals surface area contributed by atoms with Gasteiger partial charge in [-0.3, -0.25) is 4.79 Å². The number of amides is 1. The van der Waals surface area contributed by atoms with Crippen LogP contribution in [0.4, 0.5) is 0 Å². The van der Waals surface area contributed by atoms with Crippen molar-refractivity contribution in [3.63, 3.8) is 0 Å². The van der Waals surface area contributed by atoms with Gasteiger partial charge in [0.25, 0.3) is 0 Å². The third-order valence-electron chi connectivity index (χ3n) is 4.08. The number of nitrogens with zero attached hydrogens (tertiary/aromatic N) is 1. The third kappa shape index (κ3) is 4.81. The van der Waals surface area contributed by atoms with Crippen LogP contribution in [0.2, 0.25) is 0 Å². The van der Waals surface area contributed by atoms with Gasteiger partial charge in [-0.1, -0.05) is 30.3 Å². The Balaban J connectivity index is 1.81. The molecule has 1 fully saturated rings. The summed E-state index contributed by atoms with van der Waals surface area (Å²) in [5.74, 6) is -0.639. The number of aryl methyl sites for hydroxylation is 1. The number of benzene rings is 1. The van der Waals surface area contributed by atoms with Crippen LogP contribution in [0.1, 0.15) is 24.8 Å². The van der Waals surface area contributed by atoms with Crippen LogP contribution in [0.15, 0.2) is 30.3 Å². The van der Waals surface area contributed by atoms with Crippen LogP contribution >= 0.6 is 0 Å². The lowest BCUT2D eigenvalue weighted by molar-refractivity contribution is -0.129. The van der Waals surface area contributed by atoms with Crippen molar-refractivity contribution in [3.8, 4) is 0 Å². The van der Waals surface area contributed by atoms with Crippen LogP contribution in [0, 0.1) is 0 Å². The molecule has 1 atom stereocenters. The summed E-state index contributed by atoms with van der Waals surface area (Å²) in [5, 5.41) is 0. The third-order valence-corrected chi connectivity index (χ3v) is 5.67. The largest absolute Gasteiger partial charge is 0.338 e. The van der Waals surface area contributed by atoms with Gasteiger partial charge in [-0.2, -0.15) is 0 Å². The van der Waals surface area contributed by atoms with Crippen LogP contribution in [-0.2, 0) is 21.1 Å². The minimum atomic E-state index is -3.35. The lowest BCUT2D eigenvalue weighted by atomic mass is 10.1. The average molecular weight is 324 g/mol. The van der Waals surface area contributed by atoms with Gasteiger partial charge in [0, 0.05) is 19.1 Å². The number of nitrogens with two attached hydrogens (primary N) is 1. The summed E-state index contributed by atoms with van der Waals surface area (Å²) in [7, 11) is -3.35. The molecule has 0 saturated carbocycles. The Morgan fingerprint density at radius 3 is 2.68 bits per heavy atom. The number of hydrogen-bond acceptors (Lipinski definition) is 4. The molecule has 122 valence electrons. The molecular formula is C16H24N2O3S. The first kappa shape index (κ1) is 17.0. The SMILES string of the molecule is NCC1CCCN1C(=O)CS(=O)(=O)CCCc1ccccc1. The second kappa shape index (κ2) is 7.74. The highest BCUT2D eigenvalue weighted by Gasteiger charge is 2.30. The van der Waals surface area contributed by atoms with Crippen LogP contribution in [0.3, 0.4) is 0 Å². The summed E-state index contributed by atoms with van der Waals surface area (Å²) < 4.78 is 24.2. The summed E-state index contributed by atoms with van der Waals surface area (Å²) in [4.78, 5) is 13.8. The van der Waals surface area contributed by atoms with Gasteiger partial charge in [0.05, 0.1) is 5.75 Å². The van der Waals surface area contributed by atoms with Gasteiger partial charge in [0.1, 0.15) is 5.75 Å². The number of hydrogen-bond donors (Lipinski definition) is 1. The van der Waals surface area contributed by atoms with Crippen molar-refractivity contribution >= 4 is 15.7 Å². The second-order valence-electron chi connectivity index (χ2n) is 5.80. The van der Waals surface area contributed by atoms with Gasteiger partial charge in [0.2, 0.25) is 5.91 Å². The number of likely N-dealkylation sites (tertiary alicyclic amines) is 1. The molecule has 1 saturated heterocycles. The topological polar surface area (TPSA) is 80.5 Å². The number of rotatable bonds is 7. The molecular weight excluding hydrogens is 300 g/mol. The maximum absolute atomic E-state index is 12.2. The van der Waals surface area contributed by atoms with Crippen molar-refractivity contribution in [2.24, 2.45) is 5.73 Å². The minimum absolute atomic E-state index is 0.00650. The van der Waals surface area contributed by atoms with E-state index >= 15 is 0 Å². The van der Waals surface area contributed by atoms with Crippen molar-refractivity contribution in [1.29, 1.82) is 0 Å². The van der Waals surface area contributed by atoms with Crippen LogP contribution in [0.5, 0.6) is 0 Å². The van der Waals surface area contributed by atoms with Gasteiger partial charge in [-0.25, -0.2) is 8.42 Å². The van der Waals surface area contributed by atoms with Crippen molar-refractivity contribution in [1.82, 2.24) is 4.90 Å². The van der Waals surface area contributed by atoms with Crippen LogP contribution < -0.4 is 5.73 Å². The molecule has 6 heteroatoms. The fourth-order valence-corrected chi connectivity index (χ4v) is 4.16. The first-order chi connectivity index (χ1) is 10.5. The average Bonchev–Trinajstić information content (AvgIpc) is 2.96. The summed E-state index contributed by atoms with van der Waals surface area (Å²) in [6, 6.07) is 9.78. The highest BCUT2D eigenvalue weighted by molar-refractivity contribution is 7.92. The molecule has 0 bridgehead atoms. The van der Waals surface area contributed by atoms with E-state index in [1.165, 1.54) is 0 Å². The predicted molar refractivity (Wildman–Crippen MR) is 87.2 cm³/mol. The summed E-state index contributed by atoms with van der Waals surface area (Å²) >= 11 is 0. The second-order valence-corrected chi connectivity index (χ2v) is 7.98. The van der Waals surface area contributed by atoms with E-state index in [1.54, 1.807) is 4.90 Å².